The summed E-state index contributed by atoms with van der Waals surface area (Å²) in [7, 11) is -3.98. The first-order valence-electron chi connectivity index (χ1n) is 3.57. The highest BCUT2D eigenvalue weighted by atomic mass is 79.9. The van der Waals surface area contributed by atoms with Crippen molar-refractivity contribution in [3.8, 4) is 0 Å². The van der Waals surface area contributed by atoms with Crippen LogP contribution in [0.2, 0.25) is 0 Å². The molecule has 7 nitrogen and oxygen atoms in total. The van der Waals surface area contributed by atoms with Crippen LogP contribution < -0.4 is 5.14 Å². The van der Waals surface area contributed by atoms with Gasteiger partial charge in [0.2, 0.25) is 0 Å². The van der Waals surface area contributed by atoms with Crippen molar-refractivity contribution in [2.24, 2.45) is 5.14 Å². The zero-order valence-electron chi connectivity index (χ0n) is 7.47. The summed E-state index contributed by atoms with van der Waals surface area (Å²) in [4.78, 5) is 13.3. The Kier molecular flexibility index (Phi) is 3.07. The van der Waals surface area contributed by atoms with Crippen molar-refractivity contribution >= 4 is 31.6 Å². The molecule has 0 saturated carbocycles. The molecule has 1 aromatic rings. The molecule has 0 saturated heterocycles. The van der Waals surface area contributed by atoms with Crippen LogP contribution in [0.5, 0.6) is 0 Å². The van der Waals surface area contributed by atoms with Crippen LogP contribution >= 0.6 is 15.9 Å². The Morgan fingerprint density at radius 2 is 2.13 bits per heavy atom. The number of halogens is 1. The molecule has 0 fully saturated rings. The van der Waals surface area contributed by atoms with Gasteiger partial charge in [-0.05, 0) is 22.9 Å². The second kappa shape index (κ2) is 3.83. The molecule has 1 aromatic heterocycles. The Labute approximate surface area is 93.6 Å². The number of hydrogen-bond donors (Lipinski definition) is 1. The lowest BCUT2D eigenvalue weighted by molar-refractivity contribution is -0.385. The van der Waals surface area contributed by atoms with Crippen molar-refractivity contribution in [1.82, 2.24) is 4.98 Å². The smallest absolute Gasteiger partial charge is 0.258 e. The molecule has 15 heavy (non-hydrogen) atoms. The Bertz CT molecular complexity index is 527. The topological polar surface area (TPSA) is 116 Å². The summed E-state index contributed by atoms with van der Waals surface area (Å²) in [5, 5.41) is 15.0. The predicted octanol–water partition coefficient (Wildman–Crippen LogP) is 0.708. The number of nitrogens with zero attached hydrogens (tertiary/aromatic N) is 2. The number of nitrogens with two attached hydrogens (primary N) is 1. The number of pyridine rings is 1. The molecule has 0 aliphatic carbocycles. The summed E-state index contributed by atoms with van der Waals surface area (Å²) in [6.07, 6.45) is 0.861. The van der Waals surface area contributed by atoms with E-state index in [0.29, 0.717) is 0 Å². The van der Waals surface area contributed by atoms with Gasteiger partial charge in [-0.3, -0.25) is 10.1 Å². The van der Waals surface area contributed by atoms with Gasteiger partial charge in [0.05, 0.1) is 9.40 Å². The summed E-state index contributed by atoms with van der Waals surface area (Å²) >= 11 is 2.91. The zero-order chi connectivity index (χ0) is 11.8. The van der Waals surface area contributed by atoms with Gasteiger partial charge in [0.25, 0.3) is 15.7 Å². The molecule has 0 bridgehead atoms. The van der Waals surface area contributed by atoms with E-state index < -0.39 is 20.0 Å². The van der Waals surface area contributed by atoms with E-state index >= 15 is 0 Å². The average molecular weight is 296 g/mol. The van der Waals surface area contributed by atoms with Crippen LogP contribution in [0.1, 0.15) is 5.56 Å². The van der Waals surface area contributed by atoms with Gasteiger partial charge in [-0.15, -0.1) is 0 Å². The van der Waals surface area contributed by atoms with Gasteiger partial charge in [-0.1, -0.05) is 0 Å². The molecule has 1 rings (SSSR count). The number of rotatable bonds is 2. The van der Waals surface area contributed by atoms with Crippen LogP contribution in [-0.4, -0.2) is 18.3 Å². The maximum Gasteiger partial charge on any atom is 0.291 e. The molecule has 2 N–H and O–H groups in total. The molecule has 0 amide bonds. The van der Waals surface area contributed by atoms with E-state index in [1.807, 2.05) is 0 Å². The number of primary sulfonamides is 1. The van der Waals surface area contributed by atoms with E-state index in [2.05, 4.69) is 20.9 Å². The quantitative estimate of drug-likeness (QED) is 0.637. The summed E-state index contributed by atoms with van der Waals surface area (Å²) in [5.41, 5.74) is -0.103. The lowest BCUT2D eigenvalue weighted by atomic mass is 10.3. The molecule has 0 atom stereocenters. The molecule has 0 unspecified atom stereocenters. The fourth-order valence-corrected chi connectivity index (χ4v) is 2.51. The summed E-state index contributed by atoms with van der Waals surface area (Å²) in [5.74, 6) is 0. The Balaban J connectivity index is 3.55. The molecule has 0 spiro atoms. The zero-order valence-corrected chi connectivity index (χ0v) is 9.87. The van der Waals surface area contributed by atoms with Gasteiger partial charge >= 0.3 is 0 Å². The minimum Gasteiger partial charge on any atom is -0.258 e. The second-order valence-electron chi connectivity index (χ2n) is 2.69. The van der Waals surface area contributed by atoms with Gasteiger partial charge in [0.15, 0.2) is 5.03 Å². The van der Waals surface area contributed by atoms with E-state index in [4.69, 9.17) is 5.14 Å². The average Bonchev–Trinajstić information content (AvgIpc) is 2.06. The number of sulfonamides is 1. The SMILES string of the molecule is Cc1c([N+](=O)[O-])cnc(S(N)(=O)=O)c1Br. The van der Waals surface area contributed by atoms with Crippen LogP contribution in [0.25, 0.3) is 0 Å². The van der Waals surface area contributed by atoms with Crippen molar-refractivity contribution < 1.29 is 13.3 Å². The summed E-state index contributed by atoms with van der Waals surface area (Å²) in [6, 6.07) is 0. The van der Waals surface area contributed by atoms with Gasteiger partial charge in [0, 0.05) is 5.56 Å². The summed E-state index contributed by atoms with van der Waals surface area (Å²) in [6.45, 7) is 1.40. The fourth-order valence-electron chi connectivity index (χ4n) is 0.929. The van der Waals surface area contributed by atoms with Crippen LogP contribution in [0.3, 0.4) is 0 Å². The molecular weight excluding hydrogens is 290 g/mol. The van der Waals surface area contributed by atoms with Crippen LogP contribution in [0.4, 0.5) is 5.69 Å². The molecule has 9 heteroatoms. The van der Waals surface area contributed by atoms with Gasteiger partial charge in [-0.2, -0.15) is 0 Å². The van der Waals surface area contributed by atoms with Crippen molar-refractivity contribution in [2.45, 2.75) is 11.9 Å². The third-order valence-corrected chi connectivity index (χ3v) is 3.75. The monoisotopic (exact) mass is 295 g/mol. The maximum absolute atomic E-state index is 11.0. The maximum atomic E-state index is 11.0. The van der Waals surface area contributed by atoms with E-state index in [-0.39, 0.29) is 15.7 Å². The highest BCUT2D eigenvalue weighted by Crippen LogP contribution is 2.29. The molecule has 1 heterocycles. The first-order valence-corrected chi connectivity index (χ1v) is 5.91. The van der Waals surface area contributed by atoms with Crippen LogP contribution in [0.15, 0.2) is 15.7 Å². The van der Waals surface area contributed by atoms with Crippen molar-refractivity contribution in [3.63, 3.8) is 0 Å². The van der Waals surface area contributed by atoms with E-state index in [0.717, 1.165) is 6.20 Å². The Morgan fingerprint density at radius 3 is 2.53 bits per heavy atom. The third kappa shape index (κ3) is 2.30. The first kappa shape index (κ1) is 12.0. The number of nitro groups is 1. The van der Waals surface area contributed by atoms with E-state index in [1.165, 1.54) is 6.92 Å². The fraction of sp³-hybridized carbons (Fsp3) is 0.167. The van der Waals surface area contributed by atoms with Crippen molar-refractivity contribution in [1.29, 1.82) is 0 Å². The van der Waals surface area contributed by atoms with Gasteiger partial charge in [-0.25, -0.2) is 18.5 Å². The van der Waals surface area contributed by atoms with Gasteiger partial charge in [0.1, 0.15) is 6.20 Å². The minimum atomic E-state index is -3.98. The predicted molar refractivity (Wildman–Crippen MR) is 54.7 cm³/mol. The van der Waals surface area contributed by atoms with E-state index in [9.17, 15) is 18.5 Å². The number of aromatic nitrogens is 1. The Hall–Kier alpha value is -1.06. The molecule has 0 aromatic carbocycles. The van der Waals surface area contributed by atoms with Crippen LogP contribution in [-0.2, 0) is 10.0 Å². The van der Waals surface area contributed by atoms with Crippen molar-refractivity contribution in [3.05, 3.63) is 26.3 Å². The standard InChI is InChI=1S/C6H6BrN3O4S/c1-3-4(10(11)12)2-9-6(5(3)7)15(8,13)14/h2H,1H3,(H2,8,13,14). The molecular formula is C6H6BrN3O4S. The Morgan fingerprint density at radius 1 is 1.60 bits per heavy atom. The summed E-state index contributed by atoms with van der Waals surface area (Å²) < 4.78 is 22.0. The largest absolute Gasteiger partial charge is 0.291 e. The van der Waals surface area contributed by atoms with Gasteiger partial charge < -0.3 is 0 Å². The first-order chi connectivity index (χ1) is 6.75. The lowest BCUT2D eigenvalue weighted by Crippen LogP contribution is -2.15. The number of hydrogen-bond acceptors (Lipinski definition) is 5. The molecule has 0 radical (unpaired) electrons. The van der Waals surface area contributed by atoms with Crippen molar-refractivity contribution in [2.75, 3.05) is 0 Å². The minimum absolute atomic E-state index is 0.0131. The highest BCUT2D eigenvalue weighted by Gasteiger charge is 2.22. The molecule has 0 aliphatic rings. The second-order valence-corrected chi connectivity index (χ2v) is 4.96. The normalized spacial score (nSPS) is 11.4. The lowest BCUT2D eigenvalue weighted by Gasteiger charge is -2.03. The highest BCUT2D eigenvalue weighted by molar-refractivity contribution is 9.10. The molecule has 82 valence electrons. The van der Waals surface area contributed by atoms with Crippen LogP contribution in [0, 0.1) is 17.0 Å². The van der Waals surface area contributed by atoms with E-state index in [1.54, 1.807) is 0 Å². The third-order valence-electron chi connectivity index (χ3n) is 1.67. The molecule has 0 aliphatic heterocycles.